The molecule has 0 aliphatic heterocycles. The van der Waals surface area contributed by atoms with Crippen LogP contribution in [0.2, 0.25) is 0 Å². The van der Waals surface area contributed by atoms with E-state index in [-0.39, 0.29) is 30.0 Å². The SMILES string of the molecule is CCOC(=O)CN=Cc1c(O)c2ccccc2oc1=O. The average Bonchev–Trinajstić information content (AvgIpc) is 2.43. The zero-order valence-corrected chi connectivity index (χ0v) is 10.8. The van der Waals surface area contributed by atoms with Gasteiger partial charge in [-0.25, -0.2) is 4.79 Å². The number of esters is 1. The average molecular weight is 275 g/mol. The Morgan fingerprint density at radius 1 is 1.45 bits per heavy atom. The summed E-state index contributed by atoms with van der Waals surface area (Å²) in [6.45, 7) is 1.72. The molecule has 0 saturated heterocycles. The summed E-state index contributed by atoms with van der Waals surface area (Å²) in [5.41, 5.74) is -0.514. The van der Waals surface area contributed by atoms with E-state index in [2.05, 4.69) is 4.99 Å². The van der Waals surface area contributed by atoms with Crippen molar-refractivity contribution < 1.29 is 19.1 Å². The molecule has 0 aliphatic rings. The van der Waals surface area contributed by atoms with Crippen molar-refractivity contribution in [3.8, 4) is 5.75 Å². The van der Waals surface area contributed by atoms with E-state index < -0.39 is 11.6 Å². The van der Waals surface area contributed by atoms with E-state index in [4.69, 9.17) is 9.15 Å². The molecule has 0 spiro atoms. The van der Waals surface area contributed by atoms with Gasteiger partial charge in [0.15, 0.2) is 0 Å². The highest BCUT2D eigenvalue weighted by Crippen LogP contribution is 2.24. The molecule has 1 N–H and O–H groups in total. The number of aromatic hydroxyl groups is 1. The van der Waals surface area contributed by atoms with Crippen LogP contribution in [0.4, 0.5) is 0 Å². The van der Waals surface area contributed by atoms with Crippen LogP contribution in [0.1, 0.15) is 12.5 Å². The minimum Gasteiger partial charge on any atom is -0.506 e. The van der Waals surface area contributed by atoms with Gasteiger partial charge in [0, 0.05) is 6.21 Å². The summed E-state index contributed by atoms with van der Waals surface area (Å²) in [7, 11) is 0. The first-order valence-corrected chi connectivity index (χ1v) is 6.03. The third-order valence-electron chi connectivity index (χ3n) is 2.57. The molecule has 20 heavy (non-hydrogen) atoms. The molecule has 0 radical (unpaired) electrons. The molecule has 0 fully saturated rings. The Bertz CT molecular complexity index is 717. The summed E-state index contributed by atoms with van der Waals surface area (Å²) in [5.74, 6) is -0.724. The lowest BCUT2D eigenvalue weighted by atomic mass is 10.1. The maximum Gasteiger partial charge on any atom is 0.348 e. The molecule has 0 amide bonds. The van der Waals surface area contributed by atoms with Gasteiger partial charge in [0.2, 0.25) is 0 Å². The van der Waals surface area contributed by atoms with Crippen molar-refractivity contribution in [3.63, 3.8) is 0 Å². The molecule has 0 bridgehead atoms. The van der Waals surface area contributed by atoms with Gasteiger partial charge in [-0.05, 0) is 19.1 Å². The van der Waals surface area contributed by atoms with Gasteiger partial charge in [0.1, 0.15) is 23.4 Å². The predicted octanol–water partition coefficient (Wildman–Crippen LogP) is 1.48. The summed E-state index contributed by atoms with van der Waals surface area (Å²) >= 11 is 0. The Hall–Kier alpha value is -2.63. The van der Waals surface area contributed by atoms with Crippen molar-refractivity contribution in [1.82, 2.24) is 0 Å². The van der Waals surface area contributed by atoms with Gasteiger partial charge in [0.05, 0.1) is 12.0 Å². The fraction of sp³-hybridized carbons (Fsp3) is 0.214. The molecule has 2 rings (SSSR count). The number of aliphatic imine (C=N–C) groups is 1. The second kappa shape index (κ2) is 6.01. The highest BCUT2D eigenvalue weighted by molar-refractivity contribution is 5.93. The van der Waals surface area contributed by atoms with E-state index in [1.54, 1.807) is 31.2 Å². The number of carbonyl (C=O) groups excluding carboxylic acids is 1. The Kier molecular flexibility index (Phi) is 4.14. The molecule has 0 aliphatic carbocycles. The number of hydrogen-bond acceptors (Lipinski definition) is 6. The molecule has 6 nitrogen and oxygen atoms in total. The molecular weight excluding hydrogens is 262 g/mol. The van der Waals surface area contributed by atoms with Gasteiger partial charge in [-0.3, -0.25) is 9.79 Å². The standard InChI is InChI=1S/C14H13NO5/c1-2-19-12(16)8-15-7-10-13(17)9-5-3-4-6-11(9)20-14(10)18/h3-7,17H,2,8H2,1H3. The lowest BCUT2D eigenvalue weighted by Gasteiger charge is -2.02. The van der Waals surface area contributed by atoms with Gasteiger partial charge in [-0.15, -0.1) is 0 Å². The van der Waals surface area contributed by atoms with E-state index in [0.717, 1.165) is 6.21 Å². The maximum absolute atomic E-state index is 11.7. The summed E-state index contributed by atoms with van der Waals surface area (Å²) in [5, 5.41) is 10.4. The fourth-order valence-corrected chi connectivity index (χ4v) is 1.68. The minimum absolute atomic E-state index is 0.0898. The van der Waals surface area contributed by atoms with Crippen molar-refractivity contribution >= 4 is 23.2 Å². The van der Waals surface area contributed by atoms with E-state index in [1.165, 1.54) is 0 Å². The molecular formula is C14H13NO5. The molecule has 2 aromatic rings. The van der Waals surface area contributed by atoms with Crippen LogP contribution in [0.3, 0.4) is 0 Å². The summed E-state index contributed by atoms with van der Waals surface area (Å²) in [6.07, 6.45) is 1.12. The van der Waals surface area contributed by atoms with Crippen LogP contribution in [0.25, 0.3) is 11.0 Å². The van der Waals surface area contributed by atoms with Crippen molar-refractivity contribution in [2.45, 2.75) is 6.92 Å². The third-order valence-corrected chi connectivity index (χ3v) is 2.57. The van der Waals surface area contributed by atoms with Gasteiger partial charge in [0.25, 0.3) is 0 Å². The predicted molar refractivity (Wildman–Crippen MR) is 73.2 cm³/mol. The Balaban J connectivity index is 2.33. The first-order chi connectivity index (χ1) is 9.63. The quantitative estimate of drug-likeness (QED) is 0.518. The van der Waals surface area contributed by atoms with Crippen LogP contribution in [-0.4, -0.2) is 30.4 Å². The highest BCUT2D eigenvalue weighted by Gasteiger charge is 2.11. The van der Waals surface area contributed by atoms with Crippen molar-refractivity contribution in [1.29, 1.82) is 0 Å². The molecule has 0 unspecified atom stereocenters. The lowest BCUT2D eigenvalue weighted by Crippen LogP contribution is -2.10. The molecule has 6 heteroatoms. The molecule has 1 heterocycles. The third kappa shape index (κ3) is 2.85. The monoisotopic (exact) mass is 275 g/mol. The Labute approximate surface area is 114 Å². The van der Waals surface area contributed by atoms with Crippen molar-refractivity contribution in [3.05, 3.63) is 40.2 Å². The zero-order valence-electron chi connectivity index (χ0n) is 10.8. The van der Waals surface area contributed by atoms with E-state index in [0.29, 0.717) is 5.39 Å². The van der Waals surface area contributed by atoms with Gasteiger partial charge < -0.3 is 14.3 Å². The van der Waals surface area contributed by atoms with Crippen LogP contribution in [0.5, 0.6) is 5.75 Å². The van der Waals surface area contributed by atoms with Crippen molar-refractivity contribution in [2.75, 3.05) is 13.2 Å². The van der Waals surface area contributed by atoms with E-state index >= 15 is 0 Å². The largest absolute Gasteiger partial charge is 0.506 e. The van der Waals surface area contributed by atoms with Crippen LogP contribution >= 0.6 is 0 Å². The summed E-state index contributed by atoms with van der Waals surface area (Å²) in [6, 6.07) is 6.60. The number of ether oxygens (including phenoxy) is 1. The van der Waals surface area contributed by atoms with Crippen LogP contribution in [0, 0.1) is 0 Å². The Morgan fingerprint density at radius 2 is 2.20 bits per heavy atom. The lowest BCUT2D eigenvalue weighted by molar-refractivity contribution is -0.141. The highest BCUT2D eigenvalue weighted by atomic mass is 16.5. The second-order valence-corrected chi connectivity index (χ2v) is 3.92. The molecule has 0 atom stereocenters. The number of benzene rings is 1. The van der Waals surface area contributed by atoms with Gasteiger partial charge in [-0.2, -0.15) is 0 Å². The first-order valence-electron chi connectivity index (χ1n) is 6.03. The van der Waals surface area contributed by atoms with Gasteiger partial charge in [-0.1, -0.05) is 12.1 Å². The fourth-order valence-electron chi connectivity index (χ4n) is 1.68. The number of rotatable bonds is 4. The summed E-state index contributed by atoms with van der Waals surface area (Å²) in [4.78, 5) is 26.6. The van der Waals surface area contributed by atoms with Crippen LogP contribution in [-0.2, 0) is 9.53 Å². The first kappa shape index (κ1) is 13.8. The number of carbonyl (C=O) groups is 1. The molecule has 1 aromatic heterocycles. The number of fused-ring (bicyclic) bond motifs is 1. The number of para-hydroxylation sites is 1. The van der Waals surface area contributed by atoms with Gasteiger partial charge >= 0.3 is 11.6 Å². The number of nitrogens with zero attached hydrogens (tertiary/aromatic N) is 1. The van der Waals surface area contributed by atoms with Crippen LogP contribution in [0.15, 0.2) is 38.5 Å². The molecule has 1 aromatic carbocycles. The van der Waals surface area contributed by atoms with Crippen molar-refractivity contribution in [2.24, 2.45) is 4.99 Å². The number of hydrogen-bond donors (Lipinski definition) is 1. The maximum atomic E-state index is 11.7. The topological polar surface area (TPSA) is 89.1 Å². The van der Waals surface area contributed by atoms with E-state index in [9.17, 15) is 14.7 Å². The smallest absolute Gasteiger partial charge is 0.348 e. The molecule has 104 valence electrons. The minimum atomic E-state index is -0.714. The normalized spacial score (nSPS) is 11.1. The van der Waals surface area contributed by atoms with Crippen LogP contribution < -0.4 is 5.63 Å². The summed E-state index contributed by atoms with van der Waals surface area (Å²) < 4.78 is 9.75. The Morgan fingerprint density at radius 3 is 2.95 bits per heavy atom. The zero-order chi connectivity index (χ0) is 14.5. The van der Waals surface area contributed by atoms with E-state index in [1.807, 2.05) is 0 Å². The second-order valence-electron chi connectivity index (χ2n) is 3.92. The molecule has 0 saturated carbocycles.